The molecular formula is C15H12BrN3S. The monoisotopic (exact) mass is 345 g/mol. The van der Waals surface area contributed by atoms with E-state index in [1.807, 2.05) is 30.3 Å². The van der Waals surface area contributed by atoms with Crippen molar-refractivity contribution in [3.8, 4) is 0 Å². The minimum atomic E-state index is 0.525. The number of hydrogen-bond acceptors (Lipinski definition) is 4. The fraction of sp³-hybridized carbons (Fsp3) is 0.0667. The van der Waals surface area contributed by atoms with Crippen LogP contribution in [0.5, 0.6) is 0 Å². The predicted molar refractivity (Wildman–Crippen MR) is 85.7 cm³/mol. The van der Waals surface area contributed by atoms with Crippen LogP contribution in [0.3, 0.4) is 0 Å². The minimum absolute atomic E-state index is 0.525. The van der Waals surface area contributed by atoms with Crippen LogP contribution in [-0.2, 0) is 6.54 Å². The molecule has 0 aliphatic heterocycles. The number of nitrogens with two attached hydrogens (primary N) is 1. The maximum Gasteiger partial charge on any atom is 0.117 e. The first-order valence-electron chi connectivity index (χ1n) is 6.13. The fourth-order valence-corrected chi connectivity index (χ4v) is 3.66. The first kappa shape index (κ1) is 13.5. The van der Waals surface area contributed by atoms with Crippen molar-refractivity contribution >= 4 is 38.6 Å². The van der Waals surface area contributed by atoms with Gasteiger partial charge in [-0.15, -0.1) is 0 Å². The van der Waals surface area contributed by atoms with Crippen molar-refractivity contribution in [2.75, 3.05) is 0 Å². The van der Waals surface area contributed by atoms with E-state index in [9.17, 15) is 0 Å². The molecule has 3 nitrogen and oxygen atoms in total. The Morgan fingerprint density at radius 3 is 2.80 bits per heavy atom. The van der Waals surface area contributed by atoms with Gasteiger partial charge in [-0.25, -0.2) is 9.97 Å². The topological polar surface area (TPSA) is 51.8 Å². The molecule has 0 radical (unpaired) electrons. The molecular weight excluding hydrogens is 334 g/mol. The molecule has 3 aromatic rings. The Hall–Kier alpha value is -1.43. The summed E-state index contributed by atoms with van der Waals surface area (Å²) in [6.45, 7) is 0.525. The second-order valence-electron chi connectivity index (χ2n) is 4.30. The lowest BCUT2D eigenvalue weighted by atomic mass is 10.2. The van der Waals surface area contributed by atoms with Gasteiger partial charge < -0.3 is 5.73 Å². The van der Waals surface area contributed by atoms with E-state index in [4.69, 9.17) is 5.73 Å². The minimum Gasteiger partial charge on any atom is -0.326 e. The van der Waals surface area contributed by atoms with E-state index < -0.39 is 0 Å². The summed E-state index contributed by atoms with van der Waals surface area (Å²) in [5, 5.41) is 2.02. The van der Waals surface area contributed by atoms with Crippen LogP contribution >= 0.6 is 27.7 Å². The second kappa shape index (κ2) is 5.91. The molecule has 0 aliphatic rings. The van der Waals surface area contributed by atoms with E-state index >= 15 is 0 Å². The molecule has 2 N–H and O–H groups in total. The molecule has 0 bridgehead atoms. The Morgan fingerprint density at radius 2 is 1.95 bits per heavy atom. The van der Waals surface area contributed by atoms with Gasteiger partial charge in [0.2, 0.25) is 0 Å². The standard InChI is InChI=1S/C15H12BrN3S/c16-11-5-10(8-17)6-12(7-11)20-15-13-3-1-2-4-14(13)18-9-19-15/h1-7,9H,8,17H2. The molecule has 0 spiro atoms. The van der Waals surface area contributed by atoms with Gasteiger partial charge in [0.15, 0.2) is 0 Å². The number of aromatic nitrogens is 2. The summed E-state index contributed by atoms with van der Waals surface area (Å²) in [6, 6.07) is 14.2. The van der Waals surface area contributed by atoms with Crippen molar-refractivity contribution in [1.29, 1.82) is 0 Å². The molecule has 0 saturated carbocycles. The molecule has 100 valence electrons. The Kier molecular flexibility index (Phi) is 4.00. The van der Waals surface area contributed by atoms with Crippen LogP contribution in [-0.4, -0.2) is 9.97 Å². The van der Waals surface area contributed by atoms with Crippen molar-refractivity contribution < 1.29 is 0 Å². The average Bonchev–Trinajstić information content (AvgIpc) is 2.47. The smallest absolute Gasteiger partial charge is 0.117 e. The van der Waals surface area contributed by atoms with Crippen LogP contribution < -0.4 is 5.73 Å². The van der Waals surface area contributed by atoms with Crippen molar-refractivity contribution in [2.24, 2.45) is 5.73 Å². The highest BCUT2D eigenvalue weighted by Crippen LogP contribution is 2.33. The van der Waals surface area contributed by atoms with E-state index in [1.54, 1.807) is 18.1 Å². The maximum absolute atomic E-state index is 5.72. The molecule has 0 saturated heterocycles. The number of fused-ring (bicyclic) bond motifs is 1. The van der Waals surface area contributed by atoms with Crippen molar-refractivity contribution in [1.82, 2.24) is 9.97 Å². The van der Waals surface area contributed by atoms with Crippen molar-refractivity contribution in [3.63, 3.8) is 0 Å². The Labute approximate surface area is 129 Å². The van der Waals surface area contributed by atoms with Crippen LogP contribution in [0.4, 0.5) is 0 Å². The molecule has 2 aromatic carbocycles. The van der Waals surface area contributed by atoms with Crippen LogP contribution in [0.25, 0.3) is 10.9 Å². The second-order valence-corrected chi connectivity index (χ2v) is 6.28. The van der Waals surface area contributed by atoms with Crippen molar-refractivity contribution in [2.45, 2.75) is 16.5 Å². The summed E-state index contributed by atoms with van der Waals surface area (Å²) < 4.78 is 1.03. The van der Waals surface area contributed by atoms with Gasteiger partial charge in [-0.2, -0.15) is 0 Å². The maximum atomic E-state index is 5.72. The van der Waals surface area contributed by atoms with E-state index in [0.29, 0.717) is 6.54 Å². The van der Waals surface area contributed by atoms with E-state index in [1.165, 1.54) is 0 Å². The third-order valence-corrected chi connectivity index (χ3v) is 4.34. The van der Waals surface area contributed by atoms with Gasteiger partial charge in [0, 0.05) is 21.3 Å². The highest BCUT2D eigenvalue weighted by Gasteiger charge is 2.06. The summed E-state index contributed by atoms with van der Waals surface area (Å²) in [7, 11) is 0. The molecule has 0 aliphatic carbocycles. The van der Waals surface area contributed by atoms with Gasteiger partial charge in [-0.1, -0.05) is 45.9 Å². The zero-order valence-electron chi connectivity index (χ0n) is 10.6. The third-order valence-electron chi connectivity index (χ3n) is 2.89. The zero-order chi connectivity index (χ0) is 13.9. The predicted octanol–water partition coefficient (Wildman–Crippen LogP) is 4.00. The van der Waals surface area contributed by atoms with Gasteiger partial charge in [0.1, 0.15) is 11.4 Å². The number of rotatable bonds is 3. The largest absolute Gasteiger partial charge is 0.326 e. The lowest BCUT2D eigenvalue weighted by molar-refractivity contribution is 1.05. The average molecular weight is 346 g/mol. The van der Waals surface area contributed by atoms with Gasteiger partial charge in [-0.3, -0.25) is 0 Å². The van der Waals surface area contributed by atoms with Crippen LogP contribution in [0.1, 0.15) is 5.56 Å². The van der Waals surface area contributed by atoms with Gasteiger partial charge >= 0.3 is 0 Å². The number of para-hydroxylation sites is 1. The number of benzene rings is 2. The number of halogens is 1. The molecule has 1 aromatic heterocycles. The van der Waals surface area contributed by atoms with Crippen LogP contribution in [0.15, 0.2) is 63.2 Å². The van der Waals surface area contributed by atoms with Crippen LogP contribution in [0, 0.1) is 0 Å². The van der Waals surface area contributed by atoms with Crippen LogP contribution in [0.2, 0.25) is 0 Å². The lowest BCUT2D eigenvalue weighted by Crippen LogP contribution is -1.96. The fourth-order valence-electron chi connectivity index (χ4n) is 1.97. The first-order chi connectivity index (χ1) is 9.76. The lowest BCUT2D eigenvalue weighted by Gasteiger charge is -2.07. The Balaban J connectivity index is 2.03. The van der Waals surface area contributed by atoms with E-state index in [2.05, 4.69) is 38.0 Å². The summed E-state index contributed by atoms with van der Waals surface area (Å²) >= 11 is 5.14. The first-order valence-corrected chi connectivity index (χ1v) is 7.74. The van der Waals surface area contributed by atoms with Gasteiger partial charge in [-0.05, 0) is 29.8 Å². The summed E-state index contributed by atoms with van der Waals surface area (Å²) in [5.74, 6) is 0. The van der Waals surface area contributed by atoms with E-state index in [-0.39, 0.29) is 0 Å². The Bertz CT molecular complexity index is 756. The quantitative estimate of drug-likeness (QED) is 0.729. The normalized spacial score (nSPS) is 10.9. The molecule has 0 amide bonds. The van der Waals surface area contributed by atoms with Crippen molar-refractivity contribution in [3.05, 3.63) is 58.8 Å². The highest BCUT2D eigenvalue weighted by molar-refractivity contribution is 9.10. The molecule has 1 heterocycles. The molecule has 5 heteroatoms. The SMILES string of the molecule is NCc1cc(Br)cc(Sc2ncnc3ccccc23)c1. The zero-order valence-corrected chi connectivity index (χ0v) is 13.0. The van der Waals surface area contributed by atoms with Gasteiger partial charge in [0.05, 0.1) is 5.52 Å². The molecule has 0 atom stereocenters. The van der Waals surface area contributed by atoms with E-state index in [0.717, 1.165) is 30.9 Å². The number of nitrogens with zero attached hydrogens (tertiary/aromatic N) is 2. The highest BCUT2D eigenvalue weighted by atomic mass is 79.9. The number of hydrogen-bond donors (Lipinski definition) is 1. The molecule has 20 heavy (non-hydrogen) atoms. The molecule has 0 unspecified atom stereocenters. The van der Waals surface area contributed by atoms with Gasteiger partial charge in [0.25, 0.3) is 0 Å². The summed E-state index contributed by atoms with van der Waals surface area (Å²) in [4.78, 5) is 9.79. The third kappa shape index (κ3) is 2.85. The molecule has 3 rings (SSSR count). The summed E-state index contributed by atoms with van der Waals surface area (Å²) in [6.07, 6.45) is 1.60. The molecule has 0 fully saturated rings. The summed E-state index contributed by atoms with van der Waals surface area (Å²) in [5.41, 5.74) is 7.77. The Morgan fingerprint density at radius 1 is 1.10 bits per heavy atom.